The van der Waals surface area contributed by atoms with Crippen LogP contribution < -0.4 is 16.2 Å². The first-order valence-corrected chi connectivity index (χ1v) is 6.91. The Morgan fingerprint density at radius 3 is 2.65 bits per heavy atom. The summed E-state index contributed by atoms with van der Waals surface area (Å²) in [6.45, 7) is 2.40. The van der Waals surface area contributed by atoms with Gasteiger partial charge < -0.3 is 10.1 Å². The Bertz CT molecular complexity index is 500. The van der Waals surface area contributed by atoms with Crippen molar-refractivity contribution in [3.05, 3.63) is 33.8 Å². The number of rotatable bonds is 4. The number of hydrazine groups is 1. The monoisotopic (exact) mass is 335 g/mol. The molecule has 1 amide bonds. The van der Waals surface area contributed by atoms with Gasteiger partial charge in [0, 0.05) is 18.7 Å². The molecule has 5 nitrogen and oxygen atoms in total. The van der Waals surface area contributed by atoms with Crippen molar-refractivity contribution in [3.8, 4) is 0 Å². The van der Waals surface area contributed by atoms with E-state index < -0.39 is 0 Å². The molecule has 0 saturated carbocycles. The molecule has 0 fully saturated rings. The normalized spacial score (nSPS) is 11.6. The predicted molar refractivity (Wildman–Crippen MR) is 84.1 cm³/mol. The van der Waals surface area contributed by atoms with Crippen molar-refractivity contribution in [3.63, 3.8) is 0 Å². The number of carbonyl (C=O) groups is 1. The second kappa shape index (κ2) is 8.26. The number of halogens is 2. The van der Waals surface area contributed by atoms with Crippen LogP contribution in [0.2, 0.25) is 10.0 Å². The van der Waals surface area contributed by atoms with Crippen LogP contribution in [0.25, 0.3) is 0 Å². The van der Waals surface area contributed by atoms with Crippen LogP contribution in [0.5, 0.6) is 0 Å². The molecule has 3 N–H and O–H groups in total. The van der Waals surface area contributed by atoms with Crippen molar-refractivity contribution >= 4 is 46.4 Å². The number of benzene rings is 1. The molecule has 0 aliphatic heterocycles. The highest BCUT2D eigenvalue weighted by Crippen LogP contribution is 2.22. The van der Waals surface area contributed by atoms with Crippen LogP contribution >= 0.6 is 35.4 Å². The van der Waals surface area contributed by atoms with E-state index in [0.29, 0.717) is 27.3 Å². The number of nitrogens with one attached hydrogen (secondary N) is 3. The molecule has 0 aromatic heterocycles. The van der Waals surface area contributed by atoms with E-state index in [-0.39, 0.29) is 11.9 Å². The van der Waals surface area contributed by atoms with Crippen LogP contribution in [0.4, 0.5) is 0 Å². The maximum Gasteiger partial charge on any atom is 0.269 e. The standard InChI is InChI=1S/C12H15Cl2N3O2S/c1-7(6-19-2)15-12(20)17-16-11(18)8-3-4-9(13)10(14)5-8/h3-5,7H,6H2,1-2H3,(H,16,18)(H2,15,17,20)/t7-/m1/s1. The zero-order valence-electron chi connectivity index (χ0n) is 11.0. The second-order valence-electron chi connectivity index (χ2n) is 4.04. The minimum absolute atomic E-state index is 0.0295. The lowest BCUT2D eigenvalue weighted by molar-refractivity contribution is 0.0943. The van der Waals surface area contributed by atoms with Crippen LogP contribution in [-0.2, 0) is 4.74 Å². The molecule has 8 heteroatoms. The third-order valence-corrected chi connectivity index (χ3v) is 3.22. The maximum atomic E-state index is 11.8. The lowest BCUT2D eigenvalue weighted by Crippen LogP contribution is -2.49. The third-order valence-electron chi connectivity index (χ3n) is 2.27. The molecule has 0 radical (unpaired) electrons. The topological polar surface area (TPSA) is 62.4 Å². The highest BCUT2D eigenvalue weighted by Gasteiger charge is 2.09. The fourth-order valence-electron chi connectivity index (χ4n) is 1.37. The van der Waals surface area contributed by atoms with Crippen molar-refractivity contribution in [2.45, 2.75) is 13.0 Å². The first-order chi connectivity index (χ1) is 9.43. The Morgan fingerprint density at radius 1 is 1.35 bits per heavy atom. The first kappa shape index (κ1) is 17.0. The Morgan fingerprint density at radius 2 is 2.05 bits per heavy atom. The fraction of sp³-hybridized carbons (Fsp3) is 0.333. The average molecular weight is 336 g/mol. The largest absolute Gasteiger partial charge is 0.383 e. The van der Waals surface area contributed by atoms with Gasteiger partial charge in [0.15, 0.2) is 5.11 Å². The van der Waals surface area contributed by atoms with Gasteiger partial charge in [0.05, 0.1) is 16.7 Å². The Hall–Kier alpha value is -1.08. The molecule has 110 valence electrons. The van der Waals surface area contributed by atoms with E-state index in [9.17, 15) is 4.79 Å². The highest BCUT2D eigenvalue weighted by molar-refractivity contribution is 7.80. The molecule has 0 unspecified atom stereocenters. The van der Waals surface area contributed by atoms with Gasteiger partial charge in [-0.05, 0) is 37.3 Å². The van der Waals surface area contributed by atoms with E-state index in [2.05, 4.69) is 16.2 Å². The summed E-state index contributed by atoms with van der Waals surface area (Å²) in [5.74, 6) is -0.368. The summed E-state index contributed by atoms with van der Waals surface area (Å²) in [6, 6.07) is 4.62. The van der Waals surface area contributed by atoms with Crippen molar-refractivity contribution < 1.29 is 9.53 Å². The fourth-order valence-corrected chi connectivity index (χ4v) is 1.92. The molecule has 0 bridgehead atoms. The first-order valence-electron chi connectivity index (χ1n) is 5.75. The minimum atomic E-state index is -0.368. The molecule has 0 aliphatic rings. The summed E-state index contributed by atoms with van der Waals surface area (Å²) < 4.78 is 4.96. The Balaban J connectivity index is 2.46. The molecule has 1 rings (SSSR count). The molecule has 0 spiro atoms. The van der Waals surface area contributed by atoms with Gasteiger partial charge in [0.25, 0.3) is 5.91 Å². The molecule has 0 heterocycles. The van der Waals surface area contributed by atoms with Gasteiger partial charge in [0.1, 0.15) is 0 Å². The molecular weight excluding hydrogens is 321 g/mol. The number of carbonyl (C=O) groups excluding carboxylic acids is 1. The minimum Gasteiger partial charge on any atom is -0.383 e. The van der Waals surface area contributed by atoms with Gasteiger partial charge in [-0.15, -0.1) is 0 Å². The van der Waals surface area contributed by atoms with E-state index in [0.717, 1.165) is 0 Å². The van der Waals surface area contributed by atoms with Crippen LogP contribution in [0.15, 0.2) is 18.2 Å². The van der Waals surface area contributed by atoms with Gasteiger partial charge in [-0.2, -0.15) is 0 Å². The quantitative estimate of drug-likeness (QED) is 0.581. The van der Waals surface area contributed by atoms with Crippen molar-refractivity contribution in [1.29, 1.82) is 0 Å². The number of ether oxygens (including phenoxy) is 1. The van der Waals surface area contributed by atoms with E-state index in [1.807, 2.05) is 6.92 Å². The molecule has 20 heavy (non-hydrogen) atoms. The lowest BCUT2D eigenvalue weighted by Gasteiger charge is -2.16. The lowest BCUT2D eigenvalue weighted by atomic mass is 10.2. The van der Waals surface area contributed by atoms with Crippen LogP contribution in [0.1, 0.15) is 17.3 Å². The van der Waals surface area contributed by atoms with Crippen LogP contribution in [-0.4, -0.2) is 30.8 Å². The Labute approximate surface area is 132 Å². The summed E-state index contributed by atoms with van der Waals surface area (Å²) in [7, 11) is 1.60. The van der Waals surface area contributed by atoms with Crippen LogP contribution in [0.3, 0.4) is 0 Å². The average Bonchev–Trinajstić information content (AvgIpc) is 2.39. The molecule has 1 atom stereocenters. The molecular formula is C12H15Cl2N3O2S. The second-order valence-corrected chi connectivity index (χ2v) is 5.26. The van der Waals surface area contributed by atoms with Gasteiger partial charge in [-0.3, -0.25) is 15.6 Å². The van der Waals surface area contributed by atoms with Crippen molar-refractivity contribution in [2.75, 3.05) is 13.7 Å². The molecule has 0 saturated heterocycles. The van der Waals surface area contributed by atoms with Gasteiger partial charge in [0.2, 0.25) is 0 Å². The van der Waals surface area contributed by atoms with Crippen LogP contribution in [0, 0.1) is 0 Å². The summed E-state index contributed by atoms with van der Waals surface area (Å²) in [5, 5.41) is 3.94. The van der Waals surface area contributed by atoms with Gasteiger partial charge in [-0.1, -0.05) is 23.2 Å². The third kappa shape index (κ3) is 5.50. The number of amides is 1. The van der Waals surface area contributed by atoms with E-state index in [4.69, 9.17) is 40.2 Å². The smallest absolute Gasteiger partial charge is 0.269 e. The van der Waals surface area contributed by atoms with Gasteiger partial charge >= 0.3 is 0 Å². The Kier molecular flexibility index (Phi) is 7.01. The zero-order chi connectivity index (χ0) is 15.1. The van der Waals surface area contributed by atoms with Crippen molar-refractivity contribution in [1.82, 2.24) is 16.2 Å². The number of hydrogen-bond donors (Lipinski definition) is 3. The molecule has 1 aromatic rings. The highest BCUT2D eigenvalue weighted by atomic mass is 35.5. The molecule has 1 aromatic carbocycles. The predicted octanol–water partition coefficient (Wildman–Crippen LogP) is 2.14. The summed E-state index contributed by atoms with van der Waals surface area (Å²) in [5.41, 5.74) is 5.43. The maximum absolute atomic E-state index is 11.8. The van der Waals surface area contributed by atoms with E-state index in [1.165, 1.54) is 6.07 Å². The van der Waals surface area contributed by atoms with E-state index in [1.54, 1.807) is 19.2 Å². The van der Waals surface area contributed by atoms with Gasteiger partial charge in [-0.25, -0.2) is 0 Å². The summed E-state index contributed by atoms with van der Waals surface area (Å²) in [4.78, 5) is 11.8. The number of methoxy groups -OCH3 is 1. The molecule has 0 aliphatic carbocycles. The number of thiocarbonyl (C=S) groups is 1. The summed E-state index contributed by atoms with van der Waals surface area (Å²) in [6.07, 6.45) is 0. The zero-order valence-corrected chi connectivity index (χ0v) is 13.3. The summed E-state index contributed by atoms with van der Waals surface area (Å²) >= 11 is 16.6. The SMILES string of the molecule is COC[C@@H](C)NC(=S)NNC(=O)c1ccc(Cl)c(Cl)c1. The van der Waals surface area contributed by atoms with E-state index >= 15 is 0 Å². The number of hydrogen-bond acceptors (Lipinski definition) is 3. The van der Waals surface area contributed by atoms with Crippen molar-refractivity contribution in [2.24, 2.45) is 0 Å².